The number of benzene rings is 2. The predicted molar refractivity (Wildman–Crippen MR) is 103 cm³/mol. The fraction of sp³-hybridized carbons (Fsp3) is 0.167. The highest BCUT2D eigenvalue weighted by Gasteiger charge is 2.12. The Bertz CT molecular complexity index is 838. The molecule has 0 atom stereocenters. The van der Waals surface area contributed by atoms with Crippen LogP contribution in [-0.4, -0.2) is 31.3 Å². The maximum atomic E-state index is 12.1. The quantitative estimate of drug-likeness (QED) is 0.817. The van der Waals surface area contributed by atoms with Gasteiger partial charge in [-0.2, -0.15) is 0 Å². The molecule has 0 unspecified atom stereocenters. The first kappa shape index (κ1) is 19.8. The number of rotatable bonds is 5. The van der Waals surface area contributed by atoms with E-state index >= 15 is 0 Å². The molecule has 2 aromatic carbocycles. The molecule has 0 spiro atoms. The number of hydrogen-bond acceptors (Lipinski definition) is 3. The Morgan fingerprint density at radius 2 is 1.69 bits per heavy atom. The summed E-state index contributed by atoms with van der Waals surface area (Å²) in [5, 5.41) is 5.78. The average Bonchev–Trinajstić information content (AvgIpc) is 2.59. The highest BCUT2D eigenvalue weighted by Crippen LogP contribution is 2.21. The molecule has 2 aromatic rings. The van der Waals surface area contributed by atoms with Crippen molar-refractivity contribution in [1.82, 2.24) is 5.32 Å². The molecule has 0 aliphatic heterocycles. The number of anilines is 2. The first-order valence-electron chi connectivity index (χ1n) is 7.65. The number of amides is 3. The minimum absolute atomic E-state index is 0.0923. The van der Waals surface area contributed by atoms with Crippen LogP contribution >= 0.6 is 23.2 Å². The van der Waals surface area contributed by atoms with Gasteiger partial charge in [-0.3, -0.25) is 14.4 Å². The van der Waals surface area contributed by atoms with Gasteiger partial charge in [0.1, 0.15) is 0 Å². The molecule has 0 aromatic heterocycles. The van der Waals surface area contributed by atoms with Crippen molar-refractivity contribution in [1.29, 1.82) is 0 Å². The first-order valence-corrected chi connectivity index (χ1v) is 8.41. The summed E-state index contributed by atoms with van der Waals surface area (Å²) in [4.78, 5) is 36.8. The molecule has 0 saturated carbocycles. The van der Waals surface area contributed by atoms with Gasteiger partial charge >= 0.3 is 0 Å². The third-order valence-corrected chi connectivity index (χ3v) is 4.14. The average molecular weight is 394 g/mol. The second-order valence-corrected chi connectivity index (χ2v) is 6.32. The van der Waals surface area contributed by atoms with Gasteiger partial charge in [0.2, 0.25) is 11.8 Å². The SMILES string of the molecule is CC(=O)N(C)c1ccc(NC(=O)CNC(=O)c2ccc(Cl)cc2Cl)cc1. The zero-order chi connectivity index (χ0) is 19.3. The molecule has 0 aliphatic rings. The summed E-state index contributed by atoms with van der Waals surface area (Å²) < 4.78 is 0. The summed E-state index contributed by atoms with van der Waals surface area (Å²) >= 11 is 11.7. The third-order valence-electron chi connectivity index (χ3n) is 3.60. The van der Waals surface area contributed by atoms with E-state index in [1.807, 2.05) is 0 Å². The standard InChI is InChI=1S/C18H17Cl2N3O3/c1-11(24)23(2)14-6-4-13(5-7-14)22-17(25)10-21-18(26)15-8-3-12(19)9-16(15)20/h3-9H,10H2,1-2H3,(H,21,26)(H,22,25). The maximum Gasteiger partial charge on any atom is 0.253 e. The van der Waals surface area contributed by atoms with Gasteiger partial charge < -0.3 is 15.5 Å². The molecular weight excluding hydrogens is 377 g/mol. The van der Waals surface area contributed by atoms with E-state index in [0.717, 1.165) is 0 Å². The first-order chi connectivity index (χ1) is 12.3. The largest absolute Gasteiger partial charge is 0.343 e. The number of halogens is 2. The van der Waals surface area contributed by atoms with Gasteiger partial charge in [-0.25, -0.2) is 0 Å². The highest BCUT2D eigenvalue weighted by atomic mass is 35.5. The fourth-order valence-corrected chi connectivity index (χ4v) is 2.58. The summed E-state index contributed by atoms with van der Waals surface area (Å²) in [7, 11) is 1.66. The lowest BCUT2D eigenvalue weighted by atomic mass is 10.2. The molecule has 0 bridgehead atoms. The summed E-state index contributed by atoms with van der Waals surface area (Å²) in [5.74, 6) is -0.957. The smallest absolute Gasteiger partial charge is 0.253 e. The van der Waals surface area contributed by atoms with Gasteiger partial charge in [0.25, 0.3) is 5.91 Å². The number of nitrogens with one attached hydrogen (secondary N) is 2. The summed E-state index contributed by atoms with van der Waals surface area (Å²) in [6, 6.07) is 11.3. The maximum absolute atomic E-state index is 12.1. The van der Waals surface area contributed by atoms with Crippen LogP contribution in [0.5, 0.6) is 0 Å². The molecule has 3 amide bonds. The Kier molecular flexibility index (Phi) is 6.60. The van der Waals surface area contributed by atoms with Crippen molar-refractivity contribution in [3.8, 4) is 0 Å². The molecule has 2 N–H and O–H groups in total. The van der Waals surface area contributed by atoms with Crippen LogP contribution in [0, 0.1) is 0 Å². The van der Waals surface area contributed by atoms with Crippen LogP contribution in [-0.2, 0) is 9.59 Å². The molecule has 0 aliphatic carbocycles. The molecule has 6 nitrogen and oxygen atoms in total. The Morgan fingerprint density at radius 3 is 2.27 bits per heavy atom. The van der Waals surface area contributed by atoms with E-state index in [1.165, 1.54) is 24.0 Å². The summed E-state index contributed by atoms with van der Waals surface area (Å²) in [6.45, 7) is 1.25. The van der Waals surface area contributed by atoms with Crippen LogP contribution < -0.4 is 15.5 Å². The van der Waals surface area contributed by atoms with Gasteiger partial charge in [-0.05, 0) is 42.5 Å². The molecule has 0 radical (unpaired) electrons. The Hall–Kier alpha value is -2.57. The van der Waals surface area contributed by atoms with Crippen LogP contribution in [0.2, 0.25) is 10.0 Å². The van der Waals surface area contributed by atoms with Crippen LogP contribution in [0.15, 0.2) is 42.5 Å². The monoisotopic (exact) mass is 393 g/mol. The fourth-order valence-electron chi connectivity index (χ4n) is 2.08. The molecule has 0 fully saturated rings. The number of carbonyl (C=O) groups is 3. The third kappa shape index (κ3) is 5.21. The lowest BCUT2D eigenvalue weighted by molar-refractivity contribution is -0.116. The van der Waals surface area contributed by atoms with Crippen molar-refractivity contribution in [2.24, 2.45) is 0 Å². The van der Waals surface area contributed by atoms with Gasteiger partial charge in [0.15, 0.2) is 0 Å². The van der Waals surface area contributed by atoms with E-state index in [1.54, 1.807) is 37.4 Å². The second-order valence-electron chi connectivity index (χ2n) is 5.48. The van der Waals surface area contributed by atoms with E-state index in [0.29, 0.717) is 16.4 Å². The minimum atomic E-state index is -0.472. The van der Waals surface area contributed by atoms with Crippen LogP contribution in [0.3, 0.4) is 0 Å². The van der Waals surface area contributed by atoms with Gasteiger partial charge in [-0.1, -0.05) is 23.2 Å². The molecule has 8 heteroatoms. The van der Waals surface area contributed by atoms with Gasteiger partial charge in [0.05, 0.1) is 17.1 Å². The van der Waals surface area contributed by atoms with Crippen LogP contribution in [0.4, 0.5) is 11.4 Å². The van der Waals surface area contributed by atoms with E-state index in [4.69, 9.17) is 23.2 Å². The van der Waals surface area contributed by atoms with Crippen molar-refractivity contribution in [3.05, 3.63) is 58.1 Å². The number of hydrogen-bond donors (Lipinski definition) is 2. The minimum Gasteiger partial charge on any atom is -0.343 e. The molecule has 26 heavy (non-hydrogen) atoms. The van der Waals surface area contributed by atoms with Crippen molar-refractivity contribution in [2.45, 2.75) is 6.92 Å². The normalized spacial score (nSPS) is 10.2. The van der Waals surface area contributed by atoms with E-state index in [-0.39, 0.29) is 23.0 Å². The topological polar surface area (TPSA) is 78.5 Å². The van der Waals surface area contributed by atoms with E-state index < -0.39 is 11.8 Å². The molecular formula is C18H17Cl2N3O3. The number of nitrogens with zero attached hydrogens (tertiary/aromatic N) is 1. The molecule has 0 heterocycles. The lowest BCUT2D eigenvalue weighted by Gasteiger charge is -2.15. The van der Waals surface area contributed by atoms with Gasteiger partial charge in [0, 0.05) is 30.4 Å². The summed E-state index contributed by atoms with van der Waals surface area (Å²) in [6.07, 6.45) is 0. The van der Waals surface area contributed by atoms with E-state index in [2.05, 4.69) is 10.6 Å². The van der Waals surface area contributed by atoms with Crippen molar-refractivity contribution in [2.75, 3.05) is 23.8 Å². The number of carbonyl (C=O) groups excluding carboxylic acids is 3. The van der Waals surface area contributed by atoms with Crippen molar-refractivity contribution >= 4 is 52.3 Å². The summed E-state index contributed by atoms with van der Waals surface area (Å²) in [5.41, 5.74) is 1.50. The Balaban J connectivity index is 1.90. The zero-order valence-electron chi connectivity index (χ0n) is 14.2. The zero-order valence-corrected chi connectivity index (χ0v) is 15.7. The lowest BCUT2D eigenvalue weighted by Crippen LogP contribution is -2.33. The second kappa shape index (κ2) is 8.69. The Morgan fingerprint density at radius 1 is 1.04 bits per heavy atom. The van der Waals surface area contributed by atoms with Crippen LogP contribution in [0.1, 0.15) is 17.3 Å². The molecule has 0 saturated heterocycles. The molecule has 136 valence electrons. The van der Waals surface area contributed by atoms with Crippen molar-refractivity contribution in [3.63, 3.8) is 0 Å². The van der Waals surface area contributed by atoms with Gasteiger partial charge in [-0.15, -0.1) is 0 Å². The van der Waals surface area contributed by atoms with Crippen molar-refractivity contribution < 1.29 is 14.4 Å². The Labute approximate surface area is 161 Å². The van der Waals surface area contributed by atoms with E-state index in [9.17, 15) is 14.4 Å². The predicted octanol–water partition coefficient (Wildman–Crippen LogP) is 3.34. The molecule has 2 rings (SSSR count). The highest BCUT2D eigenvalue weighted by molar-refractivity contribution is 6.36. The van der Waals surface area contributed by atoms with Crippen LogP contribution in [0.25, 0.3) is 0 Å².